The van der Waals surface area contributed by atoms with Crippen molar-refractivity contribution in [3.63, 3.8) is 0 Å². The number of para-hydroxylation sites is 2. The Morgan fingerprint density at radius 1 is 0.811 bits per heavy atom. The van der Waals surface area contributed by atoms with Gasteiger partial charge in [0.05, 0.1) is 11.3 Å². The van der Waals surface area contributed by atoms with Gasteiger partial charge in [0.2, 0.25) is 0 Å². The predicted octanol–water partition coefficient (Wildman–Crippen LogP) is 4.65. The molecule has 1 aromatic heterocycles. The highest BCUT2D eigenvalue weighted by molar-refractivity contribution is 6.13. The number of benzene rings is 3. The highest BCUT2D eigenvalue weighted by Crippen LogP contribution is 2.23. The van der Waals surface area contributed by atoms with E-state index >= 15 is 0 Å². The molecule has 37 heavy (non-hydrogen) atoms. The summed E-state index contributed by atoms with van der Waals surface area (Å²) in [4.78, 5) is 39.4. The maximum Gasteiger partial charge on any atom is 0.274 e. The molecule has 0 saturated heterocycles. The van der Waals surface area contributed by atoms with E-state index in [4.69, 9.17) is 0 Å². The van der Waals surface area contributed by atoms with Crippen molar-refractivity contribution in [1.29, 1.82) is 0 Å². The summed E-state index contributed by atoms with van der Waals surface area (Å²) in [5.41, 5.74) is 2.53. The number of aromatic nitrogens is 2. The van der Waals surface area contributed by atoms with Crippen molar-refractivity contribution in [3.8, 4) is 11.4 Å². The van der Waals surface area contributed by atoms with Gasteiger partial charge in [0.1, 0.15) is 11.5 Å². The Morgan fingerprint density at radius 3 is 2.16 bits per heavy atom. The lowest BCUT2D eigenvalue weighted by atomic mass is 10.1. The number of anilines is 3. The van der Waals surface area contributed by atoms with Gasteiger partial charge < -0.3 is 20.4 Å². The van der Waals surface area contributed by atoms with Crippen molar-refractivity contribution in [2.45, 2.75) is 0 Å². The molecule has 3 aromatic carbocycles. The first-order valence-electron chi connectivity index (χ1n) is 12.0. The van der Waals surface area contributed by atoms with E-state index in [0.717, 1.165) is 17.8 Å². The second kappa shape index (κ2) is 11.9. The first-order chi connectivity index (χ1) is 17.9. The number of nitrogens with zero attached hydrogens (tertiary/aromatic N) is 4. The number of rotatable bonds is 9. The average molecular weight is 495 g/mol. The number of nitrogens with one attached hydrogen (secondary N) is 2. The maximum atomic E-state index is 13.4. The van der Waals surface area contributed by atoms with Crippen LogP contribution in [-0.4, -0.2) is 60.9 Å². The van der Waals surface area contributed by atoms with Crippen molar-refractivity contribution in [2.75, 3.05) is 49.8 Å². The normalized spacial score (nSPS) is 10.7. The highest BCUT2D eigenvalue weighted by Gasteiger charge is 2.20. The molecule has 4 rings (SSSR count). The van der Waals surface area contributed by atoms with Gasteiger partial charge in [-0.05, 0) is 38.4 Å². The summed E-state index contributed by atoms with van der Waals surface area (Å²) in [6, 6.07) is 27.4. The Morgan fingerprint density at radius 2 is 1.46 bits per heavy atom. The van der Waals surface area contributed by atoms with Crippen LogP contribution in [0.5, 0.6) is 0 Å². The third kappa shape index (κ3) is 6.56. The van der Waals surface area contributed by atoms with Crippen LogP contribution >= 0.6 is 0 Å². The first kappa shape index (κ1) is 25.5. The molecular weight excluding hydrogens is 464 g/mol. The van der Waals surface area contributed by atoms with E-state index in [0.29, 0.717) is 29.4 Å². The number of carbonyl (C=O) groups is 2. The molecule has 0 bridgehead atoms. The molecule has 188 valence electrons. The second-order valence-corrected chi connectivity index (χ2v) is 8.76. The molecule has 0 fully saturated rings. The largest absolute Gasteiger partial charge is 0.369 e. The third-order valence-corrected chi connectivity index (χ3v) is 5.71. The van der Waals surface area contributed by atoms with E-state index in [1.54, 1.807) is 42.3 Å². The number of hydrogen-bond acceptors (Lipinski definition) is 6. The summed E-state index contributed by atoms with van der Waals surface area (Å²) >= 11 is 0. The molecule has 0 aliphatic heterocycles. The van der Waals surface area contributed by atoms with E-state index in [1.807, 2.05) is 74.8 Å². The molecule has 0 radical (unpaired) electrons. The topological polar surface area (TPSA) is 90.5 Å². The van der Waals surface area contributed by atoms with Crippen LogP contribution < -0.4 is 15.5 Å². The molecular formula is C29H30N6O2. The van der Waals surface area contributed by atoms with Gasteiger partial charge in [-0.15, -0.1) is 0 Å². The molecule has 8 heteroatoms. The zero-order chi connectivity index (χ0) is 26.2. The van der Waals surface area contributed by atoms with Gasteiger partial charge in [-0.3, -0.25) is 9.59 Å². The second-order valence-electron chi connectivity index (χ2n) is 8.76. The molecule has 2 amide bonds. The number of likely N-dealkylation sites (N-methyl/N-ethyl adjacent to an activating group) is 1. The van der Waals surface area contributed by atoms with E-state index in [9.17, 15) is 9.59 Å². The molecule has 0 atom stereocenters. The summed E-state index contributed by atoms with van der Waals surface area (Å²) in [7, 11) is 5.69. The van der Waals surface area contributed by atoms with Crippen molar-refractivity contribution in [2.24, 2.45) is 0 Å². The number of amides is 2. The zero-order valence-electron chi connectivity index (χ0n) is 21.2. The van der Waals surface area contributed by atoms with Crippen molar-refractivity contribution < 1.29 is 9.59 Å². The van der Waals surface area contributed by atoms with Gasteiger partial charge in [-0.2, -0.15) is 0 Å². The minimum Gasteiger partial charge on any atom is -0.369 e. The lowest BCUT2D eigenvalue weighted by Crippen LogP contribution is -2.27. The Labute approximate surface area is 217 Å². The fourth-order valence-corrected chi connectivity index (χ4v) is 3.69. The lowest BCUT2D eigenvalue weighted by Gasteiger charge is -2.19. The highest BCUT2D eigenvalue weighted by atomic mass is 16.2. The molecule has 1 heterocycles. The van der Waals surface area contributed by atoms with Crippen LogP contribution in [0.4, 0.5) is 17.2 Å². The summed E-state index contributed by atoms with van der Waals surface area (Å²) in [5.74, 6) is 0.321. The smallest absolute Gasteiger partial charge is 0.274 e. The molecule has 0 spiro atoms. The van der Waals surface area contributed by atoms with Gasteiger partial charge in [-0.25, -0.2) is 9.97 Å². The summed E-state index contributed by atoms with van der Waals surface area (Å²) < 4.78 is 0. The van der Waals surface area contributed by atoms with Gasteiger partial charge in [0.15, 0.2) is 5.82 Å². The molecule has 0 aliphatic carbocycles. The Kier molecular flexibility index (Phi) is 8.22. The monoisotopic (exact) mass is 494 g/mol. The standard InChI is InChI=1S/C29H30N6O2/c1-34(2)19-18-30-26-20-25(31-27(33-26)21-12-6-4-7-13-21)28(36)32-24-17-11-10-16-23(24)29(37)35(3)22-14-8-5-9-15-22/h4-17,20H,18-19H2,1-3H3,(H,32,36)(H,30,31,33). The first-order valence-corrected chi connectivity index (χ1v) is 12.0. The third-order valence-electron chi connectivity index (χ3n) is 5.71. The Bertz CT molecular complexity index is 1360. The minimum absolute atomic E-state index is 0.194. The molecule has 0 unspecified atom stereocenters. The van der Waals surface area contributed by atoms with E-state index < -0.39 is 5.91 Å². The Hall–Kier alpha value is -4.56. The molecule has 0 saturated carbocycles. The summed E-state index contributed by atoms with van der Waals surface area (Å²) in [6.07, 6.45) is 0. The van der Waals surface area contributed by atoms with Gasteiger partial charge in [0, 0.05) is 37.5 Å². The van der Waals surface area contributed by atoms with Crippen LogP contribution in [0.15, 0.2) is 91.0 Å². The molecule has 8 nitrogen and oxygen atoms in total. The van der Waals surface area contributed by atoms with Crippen LogP contribution in [0.2, 0.25) is 0 Å². The summed E-state index contributed by atoms with van der Waals surface area (Å²) in [5, 5.41) is 6.16. The fraction of sp³-hybridized carbons (Fsp3) is 0.172. The van der Waals surface area contributed by atoms with Gasteiger partial charge >= 0.3 is 0 Å². The van der Waals surface area contributed by atoms with Crippen molar-refractivity contribution in [1.82, 2.24) is 14.9 Å². The van der Waals surface area contributed by atoms with Gasteiger partial charge in [-0.1, -0.05) is 60.7 Å². The van der Waals surface area contributed by atoms with E-state index in [-0.39, 0.29) is 11.6 Å². The molecule has 0 aliphatic rings. The molecule has 4 aromatic rings. The van der Waals surface area contributed by atoms with Gasteiger partial charge in [0.25, 0.3) is 11.8 Å². The average Bonchev–Trinajstić information content (AvgIpc) is 2.93. The number of carbonyl (C=O) groups excluding carboxylic acids is 2. The van der Waals surface area contributed by atoms with Crippen LogP contribution in [0, 0.1) is 0 Å². The summed E-state index contributed by atoms with van der Waals surface area (Å²) in [6.45, 7) is 1.46. The Balaban J connectivity index is 1.62. The van der Waals surface area contributed by atoms with Crippen LogP contribution in [0.1, 0.15) is 20.8 Å². The minimum atomic E-state index is -0.433. The zero-order valence-corrected chi connectivity index (χ0v) is 21.2. The molecule has 2 N–H and O–H groups in total. The maximum absolute atomic E-state index is 13.4. The van der Waals surface area contributed by atoms with Crippen molar-refractivity contribution >= 4 is 29.0 Å². The predicted molar refractivity (Wildman–Crippen MR) is 148 cm³/mol. The fourth-order valence-electron chi connectivity index (χ4n) is 3.69. The van der Waals surface area contributed by atoms with Crippen molar-refractivity contribution in [3.05, 3.63) is 102 Å². The quantitative estimate of drug-likeness (QED) is 0.352. The van der Waals surface area contributed by atoms with E-state index in [1.165, 1.54) is 0 Å². The SMILES string of the molecule is CN(C)CCNc1cc(C(=O)Nc2ccccc2C(=O)N(C)c2ccccc2)nc(-c2ccccc2)n1. The van der Waals surface area contributed by atoms with E-state index in [2.05, 4.69) is 25.5 Å². The van der Waals surface area contributed by atoms with Crippen LogP contribution in [0.3, 0.4) is 0 Å². The van der Waals surface area contributed by atoms with Crippen LogP contribution in [0.25, 0.3) is 11.4 Å². The lowest BCUT2D eigenvalue weighted by molar-refractivity contribution is 0.0994. The number of hydrogen-bond donors (Lipinski definition) is 2. The van der Waals surface area contributed by atoms with Crippen LogP contribution in [-0.2, 0) is 0 Å².